The Morgan fingerprint density at radius 1 is 0.854 bits per heavy atom. The Morgan fingerprint density at radius 3 is 2.10 bits per heavy atom. The van der Waals surface area contributed by atoms with Gasteiger partial charge in [0.15, 0.2) is 0 Å². The molecule has 13 heteroatoms. The third-order valence-corrected chi connectivity index (χ3v) is 6.27. The summed E-state index contributed by atoms with van der Waals surface area (Å²) >= 11 is 0. The zero-order chi connectivity index (χ0) is 30.1. The van der Waals surface area contributed by atoms with Crippen LogP contribution in [0.3, 0.4) is 0 Å². The third kappa shape index (κ3) is 6.66. The van der Waals surface area contributed by atoms with Crippen molar-refractivity contribution >= 4 is 17.1 Å². The lowest BCUT2D eigenvalue weighted by Crippen LogP contribution is -2.13. The smallest absolute Gasteiger partial charge is 0.416 e. The summed E-state index contributed by atoms with van der Waals surface area (Å²) in [6.45, 7) is 0.483. The molecule has 0 aliphatic heterocycles. The van der Waals surface area contributed by atoms with Crippen molar-refractivity contribution in [3.63, 3.8) is 0 Å². The third-order valence-electron chi connectivity index (χ3n) is 6.27. The van der Waals surface area contributed by atoms with Gasteiger partial charge in [-0.25, -0.2) is 22.9 Å². The lowest BCUT2D eigenvalue weighted by molar-refractivity contribution is -0.138. The zero-order valence-corrected chi connectivity index (χ0v) is 21.2. The number of nitrogens with zero attached hydrogens (tertiary/aromatic N) is 1. The highest BCUT2D eigenvalue weighted by molar-refractivity contribution is 5.95. The molecule has 0 amide bonds. The van der Waals surface area contributed by atoms with E-state index in [1.54, 1.807) is 0 Å². The number of halogens is 9. The van der Waals surface area contributed by atoms with Crippen molar-refractivity contribution in [1.29, 1.82) is 0 Å². The van der Waals surface area contributed by atoms with E-state index < -0.39 is 64.8 Å². The maximum Gasteiger partial charge on any atom is 0.416 e. The molecule has 0 bridgehead atoms. The van der Waals surface area contributed by atoms with Crippen LogP contribution in [0.15, 0.2) is 42.5 Å². The number of esters is 1. The molecular weight excluding hydrogens is 569 g/mol. The Morgan fingerprint density at radius 2 is 1.49 bits per heavy atom. The van der Waals surface area contributed by atoms with Gasteiger partial charge in [0.2, 0.25) is 0 Å². The van der Waals surface area contributed by atoms with Crippen molar-refractivity contribution in [3.8, 4) is 5.75 Å². The molecule has 3 aromatic rings. The second kappa shape index (κ2) is 11.5. The number of hydrogen-bond acceptors (Lipinski definition) is 4. The predicted octanol–water partition coefficient (Wildman–Crippen LogP) is 8.39. The first kappa shape index (κ1) is 29.9. The highest BCUT2D eigenvalue weighted by Crippen LogP contribution is 2.45. The highest BCUT2D eigenvalue weighted by Gasteiger charge is 2.35. The van der Waals surface area contributed by atoms with Gasteiger partial charge < -0.3 is 9.47 Å². The summed E-state index contributed by atoms with van der Waals surface area (Å²) in [5, 5.41) is 0. The number of allylic oxidation sites excluding steroid dienone is 2. The average Bonchev–Trinajstić information content (AvgIpc) is 3.37. The molecule has 1 aliphatic carbocycles. The summed E-state index contributed by atoms with van der Waals surface area (Å²) in [6, 6.07) is 4.33. The SMILES string of the molecule is CCOC(=O)c1cc(C(F)(F)F)cc(C2=C(c3cc(C(F)(F)F)ccc3OCc3c(F)cc(F)cc3F)CCC2)n1. The molecule has 2 aromatic carbocycles. The fourth-order valence-corrected chi connectivity index (χ4v) is 4.41. The first-order chi connectivity index (χ1) is 19.2. The molecule has 1 aromatic heterocycles. The summed E-state index contributed by atoms with van der Waals surface area (Å²) in [4.78, 5) is 16.3. The predicted molar refractivity (Wildman–Crippen MR) is 128 cm³/mol. The van der Waals surface area contributed by atoms with E-state index in [1.165, 1.54) is 6.92 Å². The monoisotopic (exact) mass is 589 g/mol. The van der Waals surface area contributed by atoms with Gasteiger partial charge in [-0.3, -0.25) is 0 Å². The minimum absolute atomic E-state index is 0.0962. The maximum atomic E-state index is 14.2. The molecule has 0 saturated heterocycles. The molecule has 4 nitrogen and oxygen atoms in total. The van der Waals surface area contributed by atoms with Crippen LogP contribution in [0.1, 0.15) is 64.6 Å². The Balaban J connectivity index is 1.86. The summed E-state index contributed by atoms with van der Waals surface area (Å²) in [7, 11) is 0. The quantitative estimate of drug-likeness (QED) is 0.205. The van der Waals surface area contributed by atoms with Crippen LogP contribution in [-0.2, 0) is 23.7 Å². The van der Waals surface area contributed by atoms with Crippen LogP contribution in [-0.4, -0.2) is 17.6 Å². The molecule has 0 N–H and O–H groups in total. The van der Waals surface area contributed by atoms with E-state index in [0.29, 0.717) is 42.8 Å². The van der Waals surface area contributed by atoms with E-state index in [-0.39, 0.29) is 47.6 Å². The standard InChI is InChI=1S/C28H20F9NO3/c1-2-40-26(39)24-10-15(28(35,36)37)9-23(38-24)18-5-3-4-17(18)19-8-14(27(32,33)34)6-7-25(19)41-13-20-21(30)11-16(29)12-22(20)31/h6-12H,2-5,13H2,1H3. The Kier molecular flexibility index (Phi) is 8.36. The number of pyridine rings is 1. The van der Waals surface area contributed by atoms with Gasteiger partial charge in [-0.05, 0) is 67.7 Å². The summed E-state index contributed by atoms with van der Waals surface area (Å²) < 4.78 is 134. The molecule has 0 spiro atoms. The van der Waals surface area contributed by atoms with E-state index in [0.717, 1.165) is 6.07 Å². The van der Waals surface area contributed by atoms with Gasteiger partial charge in [0.1, 0.15) is 35.5 Å². The van der Waals surface area contributed by atoms with Crippen LogP contribution in [0.5, 0.6) is 5.75 Å². The average molecular weight is 589 g/mol. The van der Waals surface area contributed by atoms with Crippen molar-refractivity contribution in [1.82, 2.24) is 4.98 Å². The second-order valence-electron chi connectivity index (χ2n) is 9.00. The normalized spacial score (nSPS) is 14.0. The molecule has 0 unspecified atom stereocenters. The van der Waals surface area contributed by atoms with E-state index in [2.05, 4.69) is 4.98 Å². The van der Waals surface area contributed by atoms with Crippen LogP contribution < -0.4 is 4.74 Å². The second-order valence-corrected chi connectivity index (χ2v) is 9.00. The Bertz CT molecular complexity index is 1490. The van der Waals surface area contributed by atoms with Gasteiger partial charge in [0.05, 0.1) is 29.0 Å². The fraction of sp³-hybridized carbons (Fsp3) is 0.286. The molecule has 1 heterocycles. The number of benzene rings is 2. The van der Waals surface area contributed by atoms with Gasteiger partial charge in [-0.1, -0.05) is 0 Å². The van der Waals surface area contributed by atoms with Gasteiger partial charge >= 0.3 is 18.3 Å². The zero-order valence-electron chi connectivity index (χ0n) is 21.2. The summed E-state index contributed by atoms with van der Waals surface area (Å²) in [5.74, 6) is -5.12. The van der Waals surface area contributed by atoms with Crippen LogP contribution in [0, 0.1) is 17.5 Å². The molecule has 0 fully saturated rings. The van der Waals surface area contributed by atoms with Crippen LogP contribution in [0.25, 0.3) is 11.1 Å². The minimum atomic E-state index is -4.88. The summed E-state index contributed by atoms with van der Waals surface area (Å²) in [6.07, 6.45) is -9.19. The van der Waals surface area contributed by atoms with Crippen LogP contribution in [0.2, 0.25) is 0 Å². The van der Waals surface area contributed by atoms with E-state index >= 15 is 0 Å². The van der Waals surface area contributed by atoms with Gasteiger partial charge in [-0.15, -0.1) is 0 Å². The van der Waals surface area contributed by atoms with E-state index in [4.69, 9.17) is 9.47 Å². The number of rotatable bonds is 7. The van der Waals surface area contributed by atoms with Crippen LogP contribution in [0.4, 0.5) is 39.5 Å². The molecule has 0 atom stereocenters. The van der Waals surface area contributed by atoms with Gasteiger partial charge in [-0.2, -0.15) is 26.3 Å². The van der Waals surface area contributed by atoms with E-state index in [1.807, 2.05) is 0 Å². The maximum absolute atomic E-state index is 14.2. The highest BCUT2D eigenvalue weighted by atomic mass is 19.4. The van der Waals surface area contributed by atoms with Gasteiger partial charge in [0, 0.05) is 17.7 Å². The first-order valence-electron chi connectivity index (χ1n) is 12.2. The summed E-state index contributed by atoms with van der Waals surface area (Å²) in [5.41, 5.74) is -3.86. The van der Waals surface area contributed by atoms with E-state index in [9.17, 15) is 44.3 Å². The van der Waals surface area contributed by atoms with Crippen molar-refractivity contribution in [3.05, 3.63) is 93.6 Å². The molecule has 1 aliphatic rings. The largest absolute Gasteiger partial charge is 0.488 e. The molecule has 41 heavy (non-hydrogen) atoms. The molecule has 0 radical (unpaired) electrons. The van der Waals surface area contributed by atoms with Crippen LogP contribution >= 0.6 is 0 Å². The number of hydrogen-bond donors (Lipinski definition) is 0. The molecule has 218 valence electrons. The van der Waals surface area contributed by atoms with Crippen molar-refractivity contribution in [2.75, 3.05) is 6.61 Å². The number of aromatic nitrogens is 1. The minimum Gasteiger partial charge on any atom is -0.488 e. The molecular formula is C28H20F9NO3. The van der Waals surface area contributed by atoms with Crippen molar-refractivity contribution < 1.29 is 53.8 Å². The van der Waals surface area contributed by atoms with Crippen molar-refractivity contribution in [2.24, 2.45) is 0 Å². The van der Waals surface area contributed by atoms with Gasteiger partial charge in [0.25, 0.3) is 0 Å². The number of alkyl halides is 6. The Hall–Kier alpha value is -4.03. The lowest BCUT2D eigenvalue weighted by Gasteiger charge is -2.18. The number of carbonyl (C=O) groups is 1. The Labute approximate surface area is 227 Å². The van der Waals surface area contributed by atoms with Crippen molar-refractivity contribution in [2.45, 2.75) is 45.1 Å². The lowest BCUT2D eigenvalue weighted by atomic mass is 9.96. The number of carbonyl (C=O) groups excluding carboxylic acids is 1. The molecule has 4 rings (SSSR count). The number of ether oxygens (including phenoxy) is 2. The molecule has 0 saturated carbocycles. The first-order valence-corrected chi connectivity index (χ1v) is 12.2. The topological polar surface area (TPSA) is 48.4 Å². The fourth-order valence-electron chi connectivity index (χ4n) is 4.41.